The van der Waals surface area contributed by atoms with E-state index in [0.29, 0.717) is 6.04 Å². The zero-order valence-electron chi connectivity index (χ0n) is 11.6. The van der Waals surface area contributed by atoms with Crippen molar-refractivity contribution in [3.8, 4) is 0 Å². The van der Waals surface area contributed by atoms with Gasteiger partial charge in [-0.25, -0.2) is 4.39 Å². The molecule has 0 aliphatic heterocycles. The van der Waals surface area contributed by atoms with E-state index in [2.05, 4.69) is 26.1 Å². The highest BCUT2D eigenvalue weighted by Crippen LogP contribution is 2.18. The monoisotopic (exact) mass is 253 g/mol. The number of nitrogens with one attached hydrogen (secondary N) is 1. The van der Waals surface area contributed by atoms with Crippen LogP contribution in [0.2, 0.25) is 0 Å². The summed E-state index contributed by atoms with van der Waals surface area (Å²) in [5.41, 5.74) is 1.03. The molecule has 0 aliphatic rings. The van der Waals surface area contributed by atoms with E-state index in [0.717, 1.165) is 31.6 Å². The maximum Gasteiger partial charge on any atom is 0.123 e. The number of hydrogen-bond acceptors (Lipinski definition) is 2. The van der Waals surface area contributed by atoms with Crippen LogP contribution in [0.3, 0.4) is 0 Å². The lowest BCUT2D eigenvalue weighted by molar-refractivity contribution is 0.0493. The van der Waals surface area contributed by atoms with Crippen molar-refractivity contribution in [1.82, 2.24) is 5.32 Å². The van der Waals surface area contributed by atoms with Crippen LogP contribution < -0.4 is 5.32 Å². The van der Waals surface area contributed by atoms with Gasteiger partial charge in [-0.1, -0.05) is 39.3 Å². The van der Waals surface area contributed by atoms with Gasteiger partial charge in [0.05, 0.1) is 6.10 Å². The first-order chi connectivity index (χ1) is 8.63. The molecule has 0 bridgehead atoms. The van der Waals surface area contributed by atoms with Gasteiger partial charge in [-0.15, -0.1) is 0 Å². The van der Waals surface area contributed by atoms with Crippen molar-refractivity contribution in [1.29, 1.82) is 0 Å². The van der Waals surface area contributed by atoms with E-state index >= 15 is 0 Å². The molecule has 0 aliphatic carbocycles. The second kappa shape index (κ2) is 8.22. The van der Waals surface area contributed by atoms with Gasteiger partial charge in [0.1, 0.15) is 5.82 Å². The first kappa shape index (κ1) is 15.1. The average molecular weight is 253 g/mol. The van der Waals surface area contributed by atoms with Crippen LogP contribution in [0.5, 0.6) is 0 Å². The zero-order valence-corrected chi connectivity index (χ0v) is 11.6. The third-order valence-electron chi connectivity index (χ3n) is 2.77. The Hall–Kier alpha value is -0.930. The molecule has 18 heavy (non-hydrogen) atoms. The Labute approximate surface area is 110 Å². The number of benzene rings is 1. The molecule has 102 valence electrons. The van der Waals surface area contributed by atoms with E-state index in [1.807, 2.05) is 0 Å². The van der Waals surface area contributed by atoms with E-state index in [9.17, 15) is 4.39 Å². The highest BCUT2D eigenvalue weighted by atomic mass is 19.1. The van der Waals surface area contributed by atoms with Gasteiger partial charge in [0.2, 0.25) is 0 Å². The third kappa shape index (κ3) is 5.61. The number of halogens is 1. The second-order valence-corrected chi connectivity index (χ2v) is 4.83. The molecule has 2 nitrogen and oxygen atoms in total. The highest BCUT2D eigenvalue weighted by Gasteiger charge is 2.12. The Morgan fingerprint density at radius 3 is 2.44 bits per heavy atom. The normalized spacial score (nSPS) is 12.9. The zero-order chi connectivity index (χ0) is 13.4. The Morgan fingerprint density at radius 2 is 1.89 bits per heavy atom. The average Bonchev–Trinajstić information content (AvgIpc) is 2.34. The van der Waals surface area contributed by atoms with Gasteiger partial charge in [-0.3, -0.25) is 0 Å². The van der Waals surface area contributed by atoms with Gasteiger partial charge in [0, 0.05) is 19.2 Å². The molecular formula is C15H24FNO. The molecule has 1 unspecified atom stereocenters. The number of ether oxygens (including phenoxy) is 1. The highest BCUT2D eigenvalue weighted by molar-refractivity contribution is 5.19. The largest absolute Gasteiger partial charge is 0.372 e. The van der Waals surface area contributed by atoms with Crippen LogP contribution in [0.15, 0.2) is 24.3 Å². The first-order valence-electron chi connectivity index (χ1n) is 6.74. The summed E-state index contributed by atoms with van der Waals surface area (Å²) in [5, 5.41) is 3.37. The van der Waals surface area contributed by atoms with Crippen molar-refractivity contribution in [3.05, 3.63) is 35.6 Å². The van der Waals surface area contributed by atoms with Gasteiger partial charge in [0.25, 0.3) is 0 Å². The SMILES string of the molecule is CCCCOC(CNC(C)C)c1ccc(F)cc1. The molecule has 0 heterocycles. The maximum absolute atomic E-state index is 12.9. The summed E-state index contributed by atoms with van der Waals surface area (Å²) >= 11 is 0. The van der Waals surface area contributed by atoms with E-state index < -0.39 is 0 Å². The summed E-state index contributed by atoms with van der Waals surface area (Å²) in [4.78, 5) is 0. The fourth-order valence-electron chi connectivity index (χ4n) is 1.66. The van der Waals surface area contributed by atoms with Crippen LogP contribution in [0, 0.1) is 5.82 Å². The lowest BCUT2D eigenvalue weighted by atomic mass is 10.1. The Balaban J connectivity index is 2.60. The summed E-state index contributed by atoms with van der Waals surface area (Å²) < 4.78 is 18.8. The van der Waals surface area contributed by atoms with Crippen molar-refractivity contribution >= 4 is 0 Å². The summed E-state index contributed by atoms with van der Waals surface area (Å²) in [6.07, 6.45) is 2.17. The molecule has 1 N–H and O–H groups in total. The van der Waals surface area contributed by atoms with Crippen molar-refractivity contribution in [2.45, 2.75) is 45.8 Å². The molecule has 0 saturated carbocycles. The van der Waals surface area contributed by atoms with Crippen molar-refractivity contribution in [2.75, 3.05) is 13.2 Å². The van der Waals surface area contributed by atoms with Crippen molar-refractivity contribution in [2.24, 2.45) is 0 Å². The Bertz CT molecular complexity index is 324. The fourth-order valence-corrected chi connectivity index (χ4v) is 1.66. The van der Waals surface area contributed by atoms with Crippen LogP contribution in [0.4, 0.5) is 4.39 Å². The minimum Gasteiger partial charge on any atom is -0.372 e. The van der Waals surface area contributed by atoms with E-state index in [1.54, 1.807) is 12.1 Å². The van der Waals surface area contributed by atoms with E-state index in [4.69, 9.17) is 4.74 Å². The molecule has 0 radical (unpaired) electrons. The molecule has 3 heteroatoms. The minimum absolute atomic E-state index is 0.000417. The maximum atomic E-state index is 12.9. The quantitative estimate of drug-likeness (QED) is 0.714. The summed E-state index contributed by atoms with van der Waals surface area (Å²) in [5.74, 6) is -0.206. The van der Waals surface area contributed by atoms with Gasteiger partial charge < -0.3 is 10.1 Å². The Kier molecular flexibility index (Phi) is 6.91. The standard InChI is InChI=1S/C15H24FNO/c1-4-5-10-18-15(11-17-12(2)3)13-6-8-14(16)9-7-13/h6-9,12,15,17H,4-5,10-11H2,1-3H3. The number of rotatable bonds is 8. The molecule has 0 aromatic heterocycles. The molecule has 0 amide bonds. The molecule has 1 rings (SSSR count). The summed E-state index contributed by atoms with van der Waals surface area (Å²) in [7, 11) is 0. The van der Waals surface area contributed by atoms with Crippen LogP contribution in [-0.2, 0) is 4.74 Å². The third-order valence-corrected chi connectivity index (χ3v) is 2.77. The number of unbranched alkanes of at least 4 members (excludes halogenated alkanes) is 1. The van der Waals surface area contributed by atoms with Crippen LogP contribution in [-0.4, -0.2) is 19.2 Å². The van der Waals surface area contributed by atoms with Gasteiger partial charge in [-0.2, -0.15) is 0 Å². The molecule has 1 atom stereocenters. The van der Waals surface area contributed by atoms with Crippen LogP contribution in [0.25, 0.3) is 0 Å². The van der Waals surface area contributed by atoms with Gasteiger partial charge in [0.15, 0.2) is 0 Å². The smallest absolute Gasteiger partial charge is 0.123 e. The first-order valence-corrected chi connectivity index (χ1v) is 6.74. The predicted molar refractivity (Wildman–Crippen MR) is 73.1 cm³/mol. The van der Waals surface area contributed by atoms with Gasteiger partial charge >= 0.3 is 0 Å². The van der Waals surface area contributed by atoms with Crippen molar-refractivity contribution < 1.29 is 9.13 Å². The molecule has 1 aromatic carbocycles. The topological polar surface area (TPSA) is 21.3 Å². The predicted octanol–water partition coefficient (Wildman–Crippen LogP) is 3.68. The molecule has 0 saturated heterocycles. The number of hydrogen-bond donors (Lipinski definition) is 1. The second-order valence-electron chi connectivity index (χ2n) is 4.83. The van der Waals surface area contributed by atoms with E-state index in [-0.39, 0.29) is 11.9 Å². The lowest BCUT2D eigenvalue weighted by Gasteiger charge is -2.20. The molecule has 1 aromatic rings. The van der Waals surface area contributed by atoms with Gasteiger partial charge in [-0.05, 0) is 24.1 Å². The van der Waals surface area contributed by atoms with E-state index in [1.165, 1.54) is 12.1 Å². The summed E-state index contributed by atoms with van der Waals surface area (Å²) in [6, 6.07) is 6.99. The van der Waals surface area contributed by atoms with Crippen LogP contribution >= 0.6 is 0 Å². The van der Waals surface area contributed by atoms with Crippen molar-refractivity contribution in [3.63, 3.8) is 0 Å². The Morgan fingerprint density at radius 1 is 1.22 bits per heavy atom. The molecule has 0 fully saturated rings. The molecular weight excluding hydrogens is 229 g/mol. The summed E-state index contributed by atoms with van der Waals surface area (Å²) in [6.45, 7) is 7.86. The molecule has 0 spiro atoms. The fraction of sp³-hybridized carbons (Fsp3) is 0.600. The lowest BCUT2D eigenvalue weighted by Crippen LogP contribution is -2.29. The minimum atomic E-state index is -0.206. The van der Waals surface area contributed by atoms with Crippen LogP contribution in [0.1, 0.15) is 45.3 Å².